The Kier molecular flexibility index (Phi) is 6.99. The Morgan fingerprint density at radius 3 is 2.17 bits per heavy atom. The number of carbonyl (C=O) groups is 1. The maximum atomic E-state index is 12.4. The summed E-state index contributed by atoms with van der Waals surface area (Å²) in [6.07, 6.45) is 0. The molecule has 3 N–H and O–H groups in total. The standard InChI is InChI=1S/C23H24N2O4S/c1-15-10-21(11-16(2)22(15)19-5-3-4-18(12-19)13-26)25-23(27)24-20-8-6-17(7-9-20)14-30(28)29/h3-12,26H,13-14H2,1-2H3,(H,28,29)(H2,24,25,27)/p-1. The molecule has 30 heavy (non-hydrogen) atoms. The van der Waals surface area contributed by atoms with Gasteiger partial charge in [-0.3, -0.25) is 4.21 Å². The summed E-state index contributed by atoms with van der Waals surface area (Å²) in [4.78, 5) is 12.4. The summed E-state index contributed by atoms with van der Waals surface area (Å²) in [5.41, 5.74) is 6.85. The molecule has 3 rings (SSSR count). The van der Waals surface area contributed by atoms with Crippen molar-refractivity contribution in [1.82, 2.24) is 0 Å². The lowest BCUT2D eigenvalue weighted by Crippen LogP contribution is -2.19. The molecule has 2 amide bonds. The number of anilines is 2. The molecule has 0 aliphatic rings. The third-order valence-corrected chi connectivity index (χ3v) is 5.25. The monoisotopic (exact) mass is 423 g/mol. The van der Waals surface area contributed by atoms with Crippen LogP contribution in [-0.4, -0.2) is 19.9 Å². The number of aliphatic hydroxyl groups excluding tert-OH is 1. The van der Waals surface area contributed by atoms with E-state index in [0.29, 0.717) is 16.9 Å². The molecule has 0 bridgehead atoms. The highest BCUT2D eigenvalue weighted by Gasteiger charge is 2.10. The molecule has 3 aromatic carbocycles. The summed E-state index contributed by atoms with van der Waals surface area (Å²) in [5.74, 6) is -0.0570. The lowest BCUT2D eigenvalue weighted by atomic mass is 9.94. The highest BCUT2D eigenvalue weighted by molar-refractivity contribution is 7.78. The number of hydrogen-bond donors (Lipinski definition) is 3. The molecule has 156 valence electrons. The number of benzene rings is 3. The molecule has 6 nitrogen and oxygen atoms in total. The van der Waals surface area contributed by atoms with Crippen LogP contribution in [-0.2, 0) is 23.4 Å². The molecule has 1 atom stereocenters. The molecule has 1 unspecified atom stereocenters. The number of aryl methyl sites for hydroxylation is 2. The Morgan fingerprint density at radius 2 is 1.57 bits per heavy atom. The average molecular weight is 424 g/mol. The zero-order valence-corrected chi connectivity index (χ0v) is 17.6. The topological polar surface area (TPSA) is 101 Å². The van der Waals surface area contributed by atoms with E-state index in [1.807, 2.05) is 50.2 Å². The second-order valence-electron chi connectivity index (χ2n) is 7.07. The summed E-state index contributed by atoms with van der Waals surface area (Å²) in [6.45, 7) is 3.95. The zero-order valence-electron chi connectivity index (χ0n) is 16.8. The first kappa shape index (κ1) is 21.7. The molecule has 0 radical (unpaired) electrons. The third kappa shape index (κ3) is 5.54. The van der Waals surface area contributed by atoms with Crippen molar-refractivity contribution in [3.63, 3.8) is 0 Å². The van der Waals surface area contributed by atoms with E-state index >= 15 is 0 Å². The molecule has 0 heterocycles. The van der Waals surface area contributed by atoms with Gasteiger partial charge in [-0.1, -0.05) is 41.4 Å². The Hall–Kier alpha value is -3.00. The maximum absolute atomic E-state index is 12.4. The second-order valence-corrected chi connectivity index (χ2v) is 7.96. The van der Waals surface area contributed by atoms with Gasteiger partial charge in [0.1, 0.15) is 0 Å². The van der Waals surface area contributed by atoms with Crippen LogP contribution < -0.4 is 10.6 Å². The van der Waals surface area contributed by atoms with Crippen LogP contribution in [0, 0.1) is 13.8 Å². The molecular weight excluding hydrogens is 400 g/mol. The van der Waals surface area contributed by atoms with E-state index in [-0.39, 0.29) is 18.4 Å². The molecule has 0 aliphatic heterocycles. The number of hydrogen-bond acceptors (Lipinski definition) is 4. The third-order valence-electron chi connectivity index (χ3n) is 4.69. The summed E-state index contributed by atoms with van der Waals surface area (Å²) in [6, 6.07) is 17.8. The predicted molar refractivity (Wildman–Crippen MR) is 119 cm³/mol. The zero-order chi connectivity index (χ0) is 21.7. The molecule has 0 spiro atoms. The van der Waals surface area contributed by atoms with Gasteiger partial charge in [0.2, 0.25) is 0 Å². The van der Waals surface area contributed by atoms with E-state index < -0.39 is 11.1 Å². The lowest BCUT2D eigenvalue weighted by Gasteiger charge is -2.15. The summed E-state index contributed by atoms with van der Waals surface area (Å²) in [5, 5.41) is 15.0. The van der Waals surface area contributed by atoms with Gasteiger partial charge in [0.05, 0.1) is 6.61 Å². The number of urea groups is 1. The van der Waals surface area contributed by atoms with Crippen LogP contribution in [0.2, 0.25) is 0 Å². The van der Waals surface area contributed by atoms with Crippen LogP contribution in [0.3, 0.4) is 0 Å². The van der Waals surface area contributed by atoms with Gasteiger partial charge in [-0.05, 0) is 77.6 Å². The first-order valence-corrected chi connectivity index (χ1v) is 10.6. The van der Waals surface area contributed by atoms with E-state index in [4.69, 9.17) is 0 Å². The van der Waals surface area contributed by atoms with Crippen molar-refractivity contribution in [1.29, 1.82) is 0 Å². The van der Waals surface area contributed by atoms with Crippen molar-refractivity contribution in [2.24, 2.45) is 0 Å². The van der Waals surface area contributed by atoms with Gasteiger partial charge in [0.25, 0.3) is 0 Å². The molecule has 7 heteroatoms. The summed E-state index contributed by atoms with van der Waals surface area (Å²) >= 11 is -2.15. The quantitative estimate of drug-likeness (QED) is 0.509. The van der Waals surface area contributed by atoms with Gasteiger partial charge < -0.3 is 20.3 Å². The van der Waals surface area contributed by atoms with Gasteiger partial charge >= 0.3 is 6.03 Å². The predicted octanol–water partition coefficient (Wildman–Crippen LogP) is 4.49. The van der Waals surface area contributed by atoms with Crippen LogP contribution >= 0.6 is 0 Å². The summed E-state index contributed by atoms with van der Waals surface area (Å²) < 4.78 is 21.5. The van der Waals surface area contributed by atoms with E-state index in [1.54, 1.807) is 24.3 Å². The fraction of sp³-hybridized carbons (Fsp3) is 0.174. The van der Waals surface area contributed by atoms with Gasteiger partial charge in [-0.15, -0.1) is 0 Å². The smallest absolute Gasteiger partial charge is 0.323 e. The van der Waals surface area contributed by atoms with E-state index in [9.17, 15) is 18.7 Å². The minimum absolute atomic E-state index is 0.0124. The van der Waals surface area contributed by atoms with E-state index in [2.05, 4.69) is 10.6 Å². The van der Waals surface area contributed by atoms with Crippen molar-refractivity contribution in [2.45, 2.75) is 26.2 Å². The highest BCUT2D eigenvalue weighted by atomic mass is 32.2. The fourth-order valence-electron chi connectivity index (χ4n) is 3.43. The van der Waals surface area contributed by atoms with E-state index in [1.165, 1.54) is 0 Å². The molecule has 3 aromatic rings. The number of nitrogens with one attached hydrogen (secondary N) is 2. The van der Waals surface area contributed by atoms with Gasteiger partial charge in [-0.2, -0.15) is 0 Å². The van der Waals surface area contributed by atoms with Crippen molar-refractivity contribution in [3.8, 4) is 11.1 Å². The Morgan fingerprint density at radius 1 is 0.933 bits per heavy atom. The van der Waals surface area contributed by atoms with Gasteiger partial charge in [-0.25, -0.2) is 4.79 Å². The minimum atomic E-state index is -2.15. The van der Waals surface area contributed by atoms with Crippen molar-refractivity contribution in [2.75, 3.05) is 10.6 Å². The SMILES string of the molecule is Cc1cc(NC(=O)Nc2ccc(CS(=O)[O-])cc2)cc(C)c1-c1cccc(CO)c1. The number of rotatable bonds is 6. The van der Waals surface area contributed by atoms with Crippen molar-refractivity contribution in [3.05, 3.63) is 82.9 Å². The average Bonchev–Trinajstić information content (AvgIpc) is 2.68. The normalized spacial score (nSPS) is 11.7. The molecule has 0 aromatic heterocycles. The molecule has 0 saturated heterocycles. The first-order chi connectivity index (χ1) is 14.4. The van der Waals surface area contributed by atoms with Gasteiger partial charge in [0, 0.05) is 17.1 Å². The molecular formula is C23H23N2O4S-. The highest BCUT2D eigenvalue weighted by Crippen LogP contribution is 2.30. The van der Waals surface area contributed by atoms with Crippen LogP contribution in [0.4, 0.5) is 16.2 Å². The number of carbonyl (C=O) groups excluding carboxylic acids is 1. The Labute approximate surface area is 178 Å². The lowest BCUT2D eigenvalue weighted by molar-refractivity contribution is 0.262. The van der Waals surface area contributed by atoms with Crippen LogP contribution in [0.15, 0.2) is 60.7 Å². The fourth-order valence-corrected chi connectivity index (χ4v) is 3.89. The molecule has 0 aliphatic carbocycles. The molecule has 0 fully saturated rings. The van der Waals surface area contributed by atoms with Gasteiger partial charge in [0.15, 0.2) is 0 Å². The van der Waals surface area contributed by atoms with Crippen LogP contribution in [0.25, 0.3) is 11.1 Å². The van der Waals surface area contributed by atoms with Crippen LogP contribution in [0.1, 0.15) is 22.3 Å². The molecule has 0 saturated carbocycles. The maximum Gasteiger partial charge on any atom is 0.323 e. The minimum Gasteiger partial charge on any atom is -0.772 e. The Balaban J connectivity index is 1.72. The Bertz CT molecular complexity index is 1060. The van der Waals surface area contributed by atoms with Crippen molar-refractivity contribution < 1.29 is 18.7 Å². The largest absolute Gasteiger partial charge is 0.772 e. The van der Waals surface area contributed by atoms with Crippen LogP contribution in [0.5, 0.6) is 0 Å². The van der Waals surface area contributed by atoms with E-state index in [0.717, 1.165) is 27.8 Å². The number of amides is 2. The number of aliphatic hydroxyl groups is 1. The summed E-state index contributed by atoms with van der Waals surface area (Å²) in [7, 11) is 0. The second kappa shape index (κ2) is 9.67. The van der Waals surface area contributed by atoms with Crippen molar-refractivity contribution >= 4 is 28.5 Å². The first-order valence-electron chi connectivity index (χ1n) is 9.40.